The molecule has 7 heteroatoms. The molecule has 0 atom stereocenters. The van der Waals surface area contributed by atoms with Crippen LogP contribution in [0.3, 0.4) is 0 Å². The first-order valence-corrected chi connectivity index (χ1v) is 5.76. The zero-order valence-electron chi connectivity index (χ0n) is 11.3. The summed E-state index contributed by atoms with van der Waals surface area (Å²) in [6.07, 6.45) is 0. The number of anilines is 1. The van der Waals surface area contributed by atoms with Gasteiger partial charge in [-0.2, -0.15) is 0 Å². The van der Waals surface area contributed by atoms with Gasteiger partial charge >= 0.3 is 11.9 Å². The first kappa shape index (κ1) is 15.5. The Labute approximate surface area is 116 Å². The van der Waals surface area contributed by atoms with Crippen LogP contribution in [0.25, 0.3) is 0 Å². The van der Waals surface area contributed by atoms with Crippen molar-refractivity contribution in [1.29, 1.82) is 0 Å². The highest BCUT2D eigenvalue weighted by Crippen LogP contribution is 2.10. The van der Waals surface area contributed by atoms with Gasteiger partial charge in [-0.05, 0) is 18.2 Å². The second-order valence-corrected chi connectivity index (χ2v) is 3.94. The average molecular weight is 280 g/mol. The Balaban J connectivity index is 2.93. The summed E-state index contributed by atoms with van der Waals surface area (Å²) in [6.45, 7) is -0.696. The molecule has 0 saturated heterocycles. The van der Waals surface area contributed by atoms with Crippen molar-refractivity contribution in [1.82, 2.24) is 4.90 Å². The van der Waals surface area contributed by atoms with E-state index >= 15 is 0 Å². The van der Waals surface area contributed by atoms with Crippen molar-refractivity contribution in [2.45, 2.75) is 0 Å². The van der Waals surface area contributed by atoms with E-state index < -0.39 is 17.8 Å². The van der Waals surface area contributed by atoms with Gasteiger partial charge in [0.15, 0.2) is 0 Å². The molecule has 2 N–H and O–H groups in total. The molecule has 0 aliphatic rings. The normalized spacial score (nSPS) is 9.70. The summed E-state index contributed by atoms with van der Waals surface area (Å²) >= 11 is 0. The molecule has 0 saturated carbocycles. The molecule has 0 spiro atoms. The summed E-state index contributed by atoms with van der Waals surface area (Å²) in [6, 6.07) is 6.24. The van der Waals surface area contributed by atoms with Crippen LogP contribution >= 0.6 is 0 Å². The second kappa shape index (κ2) is 7.13. The van der Waals surface area contributed by atoms with E-state index in [2.05, 4.69) is 9.47 Å². The van der Waals surface area contributed by atoms with Crippen molar-refractivity contribution < 1.29 is 23.9 Å². The molecule has 0 aliphatic heterocycles. The highest BCUT2D eigenvalue weighted by molar-refractivity contribution is 5.98. The predicted octanol–water partition coefficient (Wildman–Crippen LogP) is 0.0570. The van der Waals surface area contributed by atoms with E-state index in [4.69, 9.17) is 5.73 Å². The smallest absolute Gasteiger partial charge is 0.325 e. The maximum absolute atomic E-state index is 12.3. The number of hydrogen-bond donors (Lipinski definition) is 1. The second-order valence-electron chi connectivity index (χ2n) is 3.94. The molecule has 0 aromatic heterocycles. The van der Waals surface area contributed by atoms with Crippen molar-refractivity contribution >= 4 is 23.5 Å². The number of carbonyl (C=O) groups excluding carboxylic acids is 3. The molecule has 1 amide bonds. The summed E-state index contributed by atoms with van der Waals surface area (Å²) in [5.74, 6) is -1.77. The number of rotatable bonds is 5. The van der Waals surface area contributed by atoms with Crippen molar-refractivity contribution in [2.24, 2.45) is 0 Å². The van der Waals surface area contributed by atoms with Crippen LogP contribution in [0.15, 0.2) is 24.3 Å². The molecule has 0 bridgehead atoms. The highest BCUT2D eigenvalue weighted by atomic mass is 16.5. The van der Waals surface area contributed by atoms with Crippen LogP contribution in [-0.4, -0.2) is 50.1 Å². The minimum atomic E-state index is -0.633. The Morgan fingerprint density at radius 3 is 2.10 bits per heavy atom. The van der Waals surface area contributed by atoms with E-state index in [1.807, 2.05) is 0 Å². The molecule has 0 unspecified atom stereocenters. The van der Waals surface area contributed by atoms with Gasteiger partial charge in [0.2, 0.25) is 0 Å². The van der Waals surface area contributed by atoms with E-state index in [0.29, 0.717) is 5.69 Å². The molecule has 0 heterocycles. The van der Waals surface area contributed by atoms with Crippen LogP contribution in [0, 0.1) is 0 Å². The van der Waals surface area contributed by atoms with Gasteiger partial charge in [0.1, 0.15) is 13.1 Å². The molecular formula is C13H16N2O5. The summed E-state index contributed by atoms with van der Waals surface area (Å²) < 4.78 is 8.99. The Bertz CT molecular complexity index is 497. The number of methoxy groups -OCH3 is 2. The van der Waals surface area contributed by atoms with Crippen LogP contribution in [-0.2, 0) is 19.1 Å². The van der Waals surface area contributed by atoms with Crippen LogP contribution in [0.2, 0.25) is 0 Å². The molecule has 108 valence electrons. The number of carbonyl (C=O) groups is 3. The molecule has 1 aromatic rings. The maximum atomic E-state index is 12.3. The van der Waals surface area contributed by atoms with Crippen LogP contribution in [0.1, 0.15) is 10.4 Å². The van der Waals surface area contributed by atoms with Gasteiger partial charge in [-0.1, -0.05) is 6.07 Å². The Morgan fingerprint density at radius 1 is 1.10 bits per heavy atom. The molecular weight excluding hydrogens is 264 g/mol. The third-order valence-electron chi connectivity index (χ3n) is 2.52. The largest absolute Gasteiger partial charge is 0.468 e. The Hall–Kier alpha value is -2.57. The fraction of sp³-hybridized carbons (Fsp3) is 0.308. The third-order valence-corrected chi connectivity index (χ3v) is 2.52. The number of esters is 2. The van der Waals surface area contributed by atoms with Gasteiger partial charge < -0.3 is 20.1 Å². The minimum Gasteiger partial charge on any atom is -0.468 e. The number of nitrogens with two attached hydrogens (primary N) is 1. The zero-order chi connectivity index (χ0) is 15.1. The van der Waals surface area contributed by atoms with Crippen LogP contribution in [0.5, 0.6) is 0 Å². The molecule has 1 rings (SSSR count). The molecule has 0 radical (unpaired) electrons. The Morgan fingerprint density at radius 2 is 1.65 bits per heavy atom. The number of nitrogens with zero attached hydrogens (tertiary/aromatic N) is 1. The van der Waals surface area contributed by atoms with Crippen molar-refractivity contribution in [2.75, 3.05) is 33.0 Å². The van der Waals surface area contributed by atoms with Gasteiger partial charge in [0.25, 0.3) is 5.91 Å². The monoisotopic (exact) mass is 280 g/mol. The first-order valence-electron chi connectivity index (χ1n) is 5.76. The average Bonchev–Trinajstić information content (AvgIpc) is 2.45. The highest BCUT2D eigenvalue weighted by Gasteiger charge is 2.22. The standard InChI is InChI=1S/C13H16N2O5/c1-19-11(16)7-15(8-12(17)20-2)13(18)9-4-3-5-10(14)6-9/h3-6H,7-8,14H2,1-2H3. The van der Waals surface area contributed by atoms with Crippen LogP contribution < -0.4 is 5.73 Å². The lowest BCUT2D eigenvalue weighted by Crippen LogP contribution is -2.40. The third kappa shape index (κ3) is 4.27. The lowest BCUT2D eigenvalue weighted by atomic mass is 10.1. The molecule has 0 fully saturated rings. The van der Waals surface area contributed by atoms with E-state index in [1.165, 1.54) is 20.3 Å². The SMILES string of the molecule is COC(=O)CN(CC(=O)OC)C(=O)c1cccc(N)c1. The topological polar surface area (TPSA) is 98.9 Å². The quantitative estimate of drug-likeness (QED) is 0.604. The number of nitrogen functional groups attached to an aromatic ring is 1. The first-order chi connectivity index (χ1) is 9.47. The fourth-order valence-electron chi connectivity index (χ4n) is 1.49. The molecule has 7 nitrogen and oxygen atoms in total. The van der Waals surface area contributed by atoms with Gasteiger partial charge in [0, 0.05) is 11.3 Å². The number of benzene rings is 1. The number of ether oxygens (including phenoxy) is 2. The van der Waals surface area contributed by atoms with Crippen molar-refractivity contribution in [3.63, 3.8) is 0 Å². The molecule has 0 aliphatic carbocycles. The lowest BCUT2D eigenvalue weighted by Gasteiger charge is -2.20. The summed E-state index contributed by atoms with van der Waals surface area (Å²) in [5.41, 5.74) is 6.28. The molecule has 20 heavy (non-hydrogen) atoms. The summed E-state index contributed by atoms with van der Waals surface area (Å²) in [4.78, 5) is 35.9. The van der Waals surface area contributed by atoms with Gasteiger partial charge in [-0.25, -0.2) is 0 Å². The van der Waals surface area contributed by atoms with Crippen molar-refractivity contribution in [3.05, 3.63) is 29.8 Å². The van der Waals surface area contributed by atoms with E-state index in [9.17, 15) is 14.4 Å². The summed E-state index contributed by atoms with van der Waals surface area (Å²) in [5, 5.41) is 0. The minimum absolute atomic E-state index is 0.276. The maximum Gasteiger partial charge on any atom is 0.325 e. The van der Waals surface area contributed by atoms with Crippen molar-refractivity contribution in [3.8, 4) is 0 Å². The van der Waals surface area contributed by atoms with E-state index in [0.717, 1.165) is 4.90 Å². The number of hydrogen-bond acceptors (Lipinski definition) is 6. The summed E-state index contributed by atoms with van der Waals surface area (Å²) in [7, 11) is 2.40. The van der Waals surface area contributed by atoms with E-state index in [1.54, 1.807) is 18.2 Å². The van der Waals surface area contributed by atoms with Gasteiger partial charge in [0.05, 0.1) is 14.2 Å². The van der Waals surface area contributed by atoms with Gasteiger partial charge in [-0.3, -0.25) is 14.4 Å². The zero-order valence-corrected chi connectivity index (χ0v) is 11.3. The fourth-order valence-corrected chi connectivity index (χ4v) is 1.49. The van der Waals surface area contributed by atoms with E-state index in [-0.39, 0.29) is 18.7 Å². The van der Waals surface area contributed by atoms with Gasteiger partial charge in [-0.15, -0.1) is 0 Å². The predicted molar refractivity (Wildman–Crippen MR) is 70.8 cm³/mol. The number of amides is 1. The lowest BCUT2D eigenvalue weighted by molar-refractivity contribution is -0.144. The molecule has 1 aromatic carbocycles. The Kier molecular flexibility index (Phi) is 5.52. The van der Waals surface area contributed by atoms with Crippen LogP contribution in [0.4, 0.5) is 5.69 Å².